The molecule has 2 aromatic carbocycles. The maximum absolute atomic E-state index is 14.0. The van der Waals surface area contributed by atoms with Gasteiger partial charge in [0.1, 0.15) is 11.4 Å². The molecule has 2 aliphatic rings. The first-order valence-electron chi connectivity index (χ1n) is 13.5. The highest BCUT2D eigenvalue weighted by Gasteiger charge is 2.33. The van der Waals surface area contributed by atoms with Crippen LogP contribution in [0.15, 0.2) is 48.5 Å². The Morgan fingerprint density at radius 1 is 0.923 bits per heavy atom. The number of piperazine rings is 1. The van der Waals surface area contributed by atoms with Gasteiger partial charge in [-0.3, -0.25) is 9.36 Å². The van der Waals surface area contributed by atoms with Crippen molar-refractivity contribution in [2.24, 2.45) is 5.92 Å². The Morgan fingerprint density at radius 3 is 2.28 bits per heavy atom. The molecule has 0 aliphatic carbocycles. The molecule has 2 fully saturated rings. The lowest BCUT2D eigenvalue weighted by Crippen LogP contribution is -2.52. The van der Waals surface area contributed by atoms with Gasteiger partial charge in [0.25, 0.3) is 0 Å². The molecule has 8 nitrogen and oxygen atoms in total. The van der Waals surface area contributed by atoms with Gasteiger partial charge in [0.05, 0.1) is 11.0 Å². The first-order chi connectivity index (χ1) is 18.6. The second-order valence-electron chi connectivity index (χ2n) is 11.2. The van der Waals surface area contributed by atoms with Crippen molar-refractivity contribution in [3.8, 4) is 11.4 Å². The van der Waals surface area contributed by atoms with Crippen LogP contribution >= 0.6 is 0 Å². The van der Waals surface area contributed by atoms with Gasteiger partial charge in [-0.25, -0.2) is 9.78 Å². The predicted molar refractivity (Wildman–Crippen MR) is 146 cm³/mol. The Hall–Kier alpha value is -3.69. The Labute approximate surface area is 227 Å². The van der Waals surface area contributed by atoms with Gasteiger partial charge < -0.3 is 19.4 Å². The highest BCUT2D eigenvalue weighted by Crippen LogP contribution is 2.32. The Bertz CT molecular complexity index is 1340. The third-order valence-electron chi connectivity index (χ3n) is 7.35. The quantitative estimate of drug-likeness (QED) is 0.444. The normalized spacial score (nSPS) is 17.2. The molecule has 39 heavy (non-hydrogen) atoms. The molecule has 0 atom stereocenters. The van der Waals surface area contributed by atoms with Crippen molar-refractivity contribution in [1.29, 1.82) is 0 Å². The number of alkyl halides is 2. The van der Waals surface area contributed by atoms with Crippen molar-refractivity contribution < 1.29 is 23.1 Å². The maximum atomic E-state index is 14.0. The van der Waals surface area contributed by atoms with E-state index in [4.69, 9.17) is 4.74 Å². The number of hydrogen-bond acceptors (Lipinski definition) is 5. The minimum Gasteiger partial charge on any atom is -0.444 e. The maximum Gasteiger partial charge on any atom is 0.410 e. The predicted octanol–water partition coefficient (Wildman–Crippen LogP) is 5.39. The summed E-state index contributed by atoms with van der Waals surface area (Å²) in [5, 5.41) is 0. The van der Waals surface area contributed by atoms with Gasteiger partial charge >= 0.3 is 12.6 Å². The van der Waals surface area contributed by atoms with Crippen LogP contribution in [0.1, 0.15) is 40.2 Å². The number of carbonyl (C=O) groups is 2. The number of aromatic nitrogens is 2. The van der Waals surface area contributed by atoms with Gasteiger partial charge in [-0.05, 0) is 57.9 Å². The Kier molecular flexibility index (Phi) is 7.46. The molecule has 1 aromatic heterocycles. The largest absolute Gasteiger partial charge is 0.444 e. The van der Waals surface area contributed by atoms with Gasteiger partial charge in [-0.1, -0.05) is 24.3 Å². The summed E-state index contributed by atoms with van der Waals surface area (Å²) < 4.78 is 34.4. The van der Waals surface area contributed by atoms with E-state index in [9.17, 15) is 18.4 Å². The molecule has 2 saturated heterocycles. The first-order valence-corrected chi connectivity index (χ1v) is 13.5. The molecule has 3 heterocycles. The summed E-state index contributed by atoms with van der Waals surface area (Å²) in [6.45, 7) is 6.33. The first kappa shape index (κ1) is 26.9. The second-order valence-corrected chi connectivity index (χ2v) is 11.2. The molecule has 10 heteroatoms. The molecule has 0 N–H and O–H groups in total. The number of anilines is 1. The Balaban J connectivity index is 1.20. The summed E-state index contributed by atoms with van der Waals surface area (Å²) in [5.41, 5.74) is 1.93. The molecule has 208 valence electrons. The van der Waals surface area contributed by atoms with Crippen molar-refractivity contribution >= 4 is 28.7 Å². The molecule has 0 radical (unpaired) electrons. The summed E-state index contributed by atoms with van der Waals surface area (Å²) >= 11 is 0. The van der Waals surface area contributed by atoms with Gasteiger partial charge in [-0.15, -0.1) is 0 Å². The summed E-state index contributed by atoms with van der Waals surface area (Å²) in [7, 11) is 0. The number of hydrogen-bond donors (Lipinski definition) is 0. The number of para-hydroxylation sites is 2. The monoisotopic (exact) mass is 539 g/mol. The summed E-state index contributed by atoms with van der Waals surface area (Å²) in [6.07, 6.45) is 0.935. The van der Waals surface area contributed by atoms with Crippen molar-refractivity contribution in [3.63, 3.8) is 0 Å². The number of ether oxygens (including phenoxy) is 1. The zero-order valence-electron chi connectivity index (χ0n) is 22.6. The smallest absolute Gasteiger partial charge is 0.410 e. The standard InChI is InChI=1S/C29H35F2N5O3/c1-29(2,3)39-28(38)35-13-11-20(12-14-35)26(37)34-17-15-33(16-18-34)22-8-6-7-21(19-22)25-32-23-9-4-5-10-24(23)36(25)27(30)31/h4-10,19-20,27H,11-18H2,1-3H3. The number of carbonyl (C=O) groups excluding carboxylic acids is 2. The lowest BCUT2D eigenvalue weighted by Gasteiger charge is -2.39. The van der Waals surface area contributed by atoms with E-state index in [-0.39, 0.29) is 23.7 Å². The minimum absolute atomic E-state index is 0.0964. The van der Waals surface area contributed by atoms with Gasteiger partial charge in [0.2, 0.25) is 5.91 Å². The SMILES string of the molecule is CC(C)(C)OC(=O)N1CCC(C(=O)N2CCN(c3cccc(-c4nc5ccccc5n4C(F)F)c3)CC2)CC1. The highest BCUT2D eigenvalue weighted by molar-refractivity contribution is 5.82. The molecule has 5 rings (SSSR count). The molecule has 0 unspecified atom stereocenters. The average molecular weight is 540 g/mol. The van der Waals surface area contributed by atoms with Gasteiger partial charge in [0, 0.05) is 56.4 Å². The zero-order valence-corrected chi connectivity index (χ0v) is 22.6. The number of amides is 2. The molecule has 0 bridgehead atoms. The molecule has 0 saturated carbocycles. The number of halogens is 2. The fourth-order valence-electron chi connectivity index (χ4n) is 5.37. The van der Waals surface area contributed by atoms with E-state index in [1.54, 1.807) is 35.2 Å². The summed E-state index contributed by atoms with van der Waals surface area (Å²) in [6, 6.07) is 14.4. The molecular weight excluding hydrogens is 504 g/mol. The van der Waals surface area contributed by atoms with E-state index in [1.165, 1.54) is 0 Å². The van der Waals surface area contributed by atoms with E-state index in [1.807, 2.05) is 43.9 Å². The highest BCUT2D eigenvalue weighted by atomic mass is 19.3. The van der Waals surface area contributed by atoms with Crippen LogP contribution < -0.4 is 4.90 Å². The second kappa shape index (κ2) is 10.8. The van der Waals surface area contributed by atoms with Crippen LogP contribution in [0.25, 0.3) is 22.4 Å². The third-order valence-corrected chi connectivity index (χ3v) is 7.35. The number of benzene rings is 2. The van der Waals surface area contributed by atoms with E-state index in [0.717, 1.165) is 10.3 Å². The fraction of sp³-hybridized carbons (Fsp3) is 0.483. The third kappa shape index (κ3) is 5.84. The van der Waals surface area contributed by atoms with Crippen molar-refractivity contribution in [1.82, 2.24) is 19.4 Å². The molecule has 0 spiro atoms. The number of nitrogens with zero attached hydrogens (tertiary/aromatic N) is 5. The van der Waals surface area contributed by atoms with Crippen LogP contribution in [0.4, 0.5) is 19.3 Å². The fourth-order valence-corrected chi connectivity index (χ4v) is 5.37. The van der Waals surface area contributed by atoms with Gasteiger partial charge in [0.15, 0.2) is 0 Å². The summed E-state index contributed by atoms with van der Waals surface area (Å²) in [4.78, 5) is 35.8. The lowest BCUT2D eigenvalue weighted by atomic mass is 9.95. The molecule has 3 aromatic rings. The van der Waals surface area contributed by atoms with Crippen LogP contribution in [0.2, 0.25) is 0 Å². The molecular formula is C29H35F2N5O3. The van der Waals surface area contributed by atoms with Crippen LogP contribution in [0.3, 0.4) is 0 Å². The summed E-state index contributed by atoms with van der Waals surface area (Å²) in [5.74, 6) is 0.276. The zero-order chi connectivity index (χ0) is 27.7. The Morgan fingerprint density at radius 2 is 1.62 bits per heavy atom. The lowest BCUT2D eigenvalue weighted by molar-refractivity contribution is -0.137. The molecule has 2 amide bonds. The van der Waals surface area contributed by atoms with E-state index < -0.39 is 12.2 Å². The number of likely N-dealkylation sites (tertiary alicyclic amines) is 1. The number of fused-ring (bicyclic) bond motifs is 1. The van der Waals surface area contributed by atoms with E-state index in [2.05, 4.69) is 9.88 Å². The number of rotatable bonds is 4. The van der Waals surface area contributed by atoms with E-state index in [0.29, 0.717) is 68.7 Å². The van der Waals surface area contributed by atoms with Crippen molar-refractivity contribution in [3.05, 3.63) is 48.5 Å². The van der Waals surface area contributed by atoms with Crippen LogP contribution in [-0.4, -0.2) is 76.2 Å². The van der Waals surface area contributed by atoms with Crippen LogP contribution in [0.5, 0.6) is 0 Å². The van der Waals surface area contributed by atoms with Crippen LogP contribution in [0, 0.1) is 5.92 Å². The van der Waals surface area contributed by atoms with Crippen molar-refractivity contribution in [2.75, 3.05) is 44.2 Å². The van der Waals surface area contributed by atoms with E-state index >= 15 is 0 Å². The molecule has 2 aliphatic heterocycles. The van der Waals surface area contributed by atoms with Crippen molar-refractivity contribution in [2.45, 2.75) is 45.8 Å². The van der Waals surface area contributed by atoms with Crippen LogP contribution in [-0.2, 0) is 9.53 Å². The van der Waals surface area contributed by atoms with Gasteiger partial charge in [-0.2, -0.15) is 8.78 Å². The number of imidazole rings is 1. The average Bonchev–Trinajstić information content (AvgIpc) is 3.32. The topological polar surface area (TPSA) is 70.9 Å². The minimum atomic E-state index is -2.71. The number of piperidine rings is 1.